The minimum absolute atomic E-state index is 0. The summed E-state index contributed by atoms with van der Waals surface area (Å²) in [6, 6.07) is 1.91. The number of likely N-dealkylation sites (N-methyl/N-ethyl adjacent to an activating group) is 1. The molecule has 31 heavy (non-hydrogen) atoms. The van der Waals surface area contributed by atoms with Crippen molar-refractivity contribution in [1.29, 1.82) is 0 Å². The molecule has 3 aliphatic rings. The molecule has 9 nitrogen and oxygen atoms in total. The van der Waals surface area contributed by atoms with Crippen LogP contribution in [0.25, 0.3) is 11.3 Å². The Morgan fingerprint density at radius 2 is 2.19 bits per heavy atom. The molecule has 0 spiro atoms. The predicted molar refractivity (Wildman–Crippen MR) is 126 cm³/mol. The topological polar surface area (TPSA) is 120 Å². The third-order valence-electron chi connectivity index (χ3n) is 4.90. The van der Waals surface area contributed by atoms with Gasteiger partial charge in [-0.25, -0.2) is 0 Å². The molecule has 3 heterocycles. The highest BCUT2D eigenvalue weighted by Gasteiger charge is 2.28. The van der Waals surface area contributed by atoms with Gasteiger partial charge in [0, 0.05) is 30.1 Å². The van der Waals surface area contributed by atoms with E-state index in [2.05, 4.69) is 24.9 Å². The molecular formula is C19H21BrClN7O2S. The third kappa shape index (κ3) is 4.35. The summed E-state index contributed by atoms with van der Waals surface area (Å²) in [7, 11) is 3.18. The van der Waals surface area contributed by atoms with Gasteiger partial charge in [0.25, 0.3) is 0 Å². The van der Waals surface area contributed by atoms with Gasteiger partial charge in [-0.05, 0) is 36.1 Å². The summed E-state index contributed by atoms with van der Waals surface area (Å²) >= 11 is 7.80. The lowest BCUT2D eigenvalue weighted by Crippen LogP contribution is -2.22. The lowest BCUT2D eigenvalue weighted by Gasteiger charge is -2.14. The number of rotatable bonds is 5. The number of carbonyl (C=O) groups is 1. The van der Waals surface area contributed by atoms with Gasteiger partial charge in [-0.2, -0.15) is 19.4 Å². The van der Waals surface area contributed by atoms with Crippen LogP contribution in [0.3, 0.4) is 0 Å². The minimum Gasteiger partial charge on any atom is -0.495 e. The maximum Gasteiger partial charge on any atom is 0.224 e. The zero-order valence-electron chi connectivity index (χ0n) is 17.1. The van der Waals surface area contributed by atoms with Crippen molar-refractivity contribution in [3.8, 4) is 17.0 Å². The number of aryl methyl sites for hydroxylation is 1. The Morgan fingerprint density at radius 1 is 1.42 bits per heavy atom. The molecule has 0 fully saturated rings. The number of amides is 1. The van der Waals surface area contributed by atoms with Crippen molar-refractivity contribution in [1.82, 2.24) is 25.3 Å². The van der Waals surface area contributed by atoms with E-state index in [0.29, 0.717) is 39.4 Å². The van der Waals surface area contributed by atoms with Crippen LogP contribution in [0.4, 0.5) is 0 Å². The molecule has 1 aromatic heterocycles. The molecule has 0 saturated carbocycles. The molecule has 1 amide bonds. The second-order valence-electron chi connectivity index (χ2n) is 6.82. The summed E-state index contributed by atoms with van der Waals surface area (Å²) in [6.07, 6.45) is 1.95. The van der Waals surface area contributed by atoms with Gasteiger partial charge in [0.1, 0.15) is 23.0 Å². The number of methoxy groups -OCH3 is 1. The van der Waals surface area contributed by atoms with Crippen molar-refractivity contribution >= 4 is 52.3 Å². The number of halogens is 2. The highest BCUT2D eigenvalue weighted by molar-refractivity contribution is 8.93. The fourth-order valence-corrected chi connectivity index (χ4v) is 4.51. The molecule has 1 aliphatic carbocycles. The van der Waals surface area contributed by atoms with Gasteiger partial charge >= 0.3 is 0 Å². The monoisotopic (exact) mass is 525 g/mol. The Labute approximate surface area is 199 Å². The highest BCUT2D eigenvalue weighted by Crippen LogP contribution is 2.38. The first-order chi connectivity index (χ1) is 14.4. The normalized spacial score (nSPS) is 12.7. The van der Waals surface area contributed by atoms with Crippen LogP contribution >= 0.6 is 40.5 Å². The summed E-state index contributed by atoms with van der Waals surface area (Å²) in [5.74, 6) is 1.41. The van der Waals surface area contributed by atoms with Crippen LogP contribution in [0.15, 0.2) is 16.7 Å². The number of hydrogen-bond donors (Lipinski definition) is 2. The maximum atomic E-state index is 12.0. The average Bonchev–Trinajstić information content (AvgIpc) is 2.96. The van der Waals surface area contributed by atoms with Crippen LogP contribution in [0, 0.1) is 6.92 Å². The number of ether oxygens (including phenoxy) is 1. The van der Waals surface area contributed by atoms with E-state index in [1.807, 2.05) is 13.0 Å². The van der Waals surface area contributed by atoms with Gasteiger partial charge < -0.3 is 15.8 Å². The first kappa shape index (κ1) is 23.3. The van der Waals surface area contributed by atoms with E-state index < -0.39 is 0 Å². The first-order valence-corrected chi connectivity index (χ1v) is 10.5. The van der Waals surface area contributed by atoms with Gasteiger partial charge in [-0.3, -0.25) is 9.78 Å². The summed E-state index contributed by atoms with van der Waals surface area (Å²) in [5, 5.41) is 12.3. The number of hydrogen-bond acceptors (Lipinski definition) is 8. The van der Waals surface area contributed by atoms with Crippen LogP contribution in [0.1, 0.15) is 28.1 Å². The van der Waals surface area contributed by atoms with Crippen molar-refractivity contribution < 1.29 is 9.53 Å². The molecule has 0 unspecified atom stereocenters. The molecule has 164 valence electrons. The van der Waals surface area contributed by atoms with Gasteiger partial charge in [0.2, 0.25) is 5.91 Å². The highest BCUT2D eigenvalue weighted by atomic mass is 79.9. The van der Waals surface area contributed by atoms with E-state index >= 15 is 0 Å². The lowest BCUT2D eigenvalue weighted by atomic mass is 10.1. The SMILES string of the molecule is Br.CNC(=O)Cc1cc2nn(Cc3ncc(C)c(OC)c3Cl)nc3c-2c1CSN=C3N. The smallest absolute Gasteiger partial charge is 0.224 e. The maximum absolute atomic E-state index is 12.0. The molecule has 4 rings (SSSR count). The first-order valence-electron chi connectivity index (χ1n) is 9.16. The van der Waals surface area contributed by atoms with E-state index in [4.69, 9.17) is 22.1 Å². The van der Waals surface area contributed by atoms with Crippen molar-refractivity contribution in [2.75, 3.05) is 14.2 Å². The molecule has 0 bridgehead atoms. The lowest BCUT2D eigenvalue weighted by molar-refractivity contribution is -0.119. The van der Waals surface area contributed by atoms with E-state index in [9.17, 15) is 4.79 Å². The van der Waals surface area contributed by atoms with Crippen LogP contribution in [-0.4, -0.2) is 45.9 Å². The summed E-state index contributed by atoms with van der Waals surface area (Å²) < 4.78 is 9.70. The molecule has 3 N–H and O–H groups in total. The number of aromatic nitrogens is 4. The Bertz CT molecular complexity index is 1150. The number of amidine groups is 1. The largest absolute Gasteiger partial charge is 0.495 e. The molecule has 0 radical (unpaired) electrons. The Hall–Kier alpha value is -2.37. The van der Waals surface area contributed by atoms with E-state index in [0.717, 1.165) is 22.3 Å². The number of pyridine rings is 1. The van der Waals surface area contributed by atoms with Crippen LogP contribution in [0.2, 0.25) is 5.02 Å². The zero-order valence-corrected chi connectivity index (χ0v) is 20.4. The number of carbonyl (C=O) groups excluding carboxylic acids is 1. The number of nitrogens with two attached hydrogens (primary N) is 1. The standard InChI is InChI=1S/C19H20ClN7O2S.BrH/c1-9-6-23-13(16(20)18(9)29-3)7-27-24-12-4-10(5-14(28)22-2)11-8-30-26-19(21)17(25-27)15(11)12;/h4,6H,5,7-8H2,1-3H3,(H2,21,26)(H,22,28);1H. The Morgan fingerprint density at radius 3 is 2.90 bits per heavy atom. The van der Waals surface area contributed by atoms with Crippen LogP contribution in [0.5, 0.6) is 5.75 Å². The van der Waals surface area contributed by atoms with Gasteiger partial charge in [0.15, 0.2) is 5.84 Å². The van der Waals surface area contributed by atoms with Crippen molar-refractivity contribution in [3.63, 3.8) is 0 Å². The average molecular weight is 527 g/mol. The summed E-state index contributed by atoms with van der Waals surface area (Å²) in [5.41, 5.74) is 11.5. The number of nitrogens with one attached hydrogen (secondary N) is 1. The Kier molecular flexibility index (Phi) is 7.07. The van der Waals surface area contributed by atoms with Crippen LogP contribution < -0.4 is 15.8 Å². The van der Waals surface area contributed by atoms with E-state index in [-0.39, 0.29) is 35.9 Å². The molecule has 1 aromatic rings. The number of nitrogens with zero attached hydrogens (tertiary/aromatic N) is 5. The summed E-state index contributed by atoms with van der Waals surface area (Å²) in [6.45, 7) is 2.10. The second kappa shape index (κ2) is 9.41. The quantitative estimate of drug-likeness (QED) is 0.490. The minimum atomic E-state index is -0.0742. The van der Waals surface area contributed by atoms with E-state index in [1.165, 1.54) is 16.7 Å². The molecule has 0 aromatic carbocycles. The van der Waals surface area contributed by atoms with Gasteiger partial charge in [0.05, 0.1) is 24.9 Å². The second-order valence-corrected chi connectivity index (χ2v) is 7.93. The predicted octanol–water partition coefficient (Wildman–Crippen LogP) is 2.53. The molecule has 12 heteroatoms. The van der Waals surface area contributed by atoms with Crippen LogP contribution in [-0.2, 0) is 23.5 Å². The van der Waals surface area contributed by atoms with Crippen molar-refractivity contribution in [2.45, 2.75) is 25.6 Å². The molecule has 0 atom stereocenters. The van der Waals surface area contributed by atoms with E-state index in [1.54, 1.807) is 20.4 Å². The van der Waals surface area contributed by atoms with Crippen molar-refractivity contribution in [3.05, 3.63) is 45.4 Å². The Balaban J connectivity index is 0.00000272. The van der Waals surface area contributed by atoms with Gasteiger partial charge in [-0.1, -0.05) is 11.6 Å². The fraction of sp³-hybridized carbons (Fsp3) is 0.316. The molecule has 2 aliphatic heterocycles. The zero-order chi connectivity index (χ0) is 21.4. The molecular weight excluding hydrogens is 506 g/mol. The summed E-state index contributed by atoms with van der Waals surface area (Å²) in [4.78, 5) is 17.9. The van der Waals surface area contributed by atoms with Gasteiger partial charge in [-0.15, -0.1) is 17.0 Å². The fourth-order valence-electron chi connectivity index (χ4n) is 3.43. The molecule has 0 saturated heterocycles. The third-order valence-corrected chi connectivity index (χ3v) is 6.03. The van der Waals surface area contributed by atoms with Crippen molar-refractivity contribution in [2.24, 2.45) is 10.1 Å².